The summed E-state index contributed by atoms with van der Waals surface area (Å²) in [5, 5.41) is 3.29. The maximum atomic E-state index is 12.6. The van der Waals surface area contributed by atoms with Gasteiger partial charge in [-0.1, -0.05) is 35.4 Å². The monoisotopic (exact) mass is 380 g/mol. The van der Waals surface area contributed by atoms with E-state index in [0.717, 1.165) is 21.7 Å². The topological polar surface area (TPSA) is 66.5 Å². The lowest BCUT2D eigenvalue weighted by molar-refractivity contribution is -0.116. The molecule has 0 radical (unpaired) electrons. The average Bonchev–Trinajstić information content (AvgIpc) is 2.52. The molecular weight excluding hydrogens is 360 g/mol. The van der Waals surface area contributed by atoms with Crippen LogP contribution in [-0.2, 0) is 14.8 Å². The number of hydrogen-bond donors (Lipinski definition) is 1. The van der Waals surface area contributed by atoms with Crippen molar-refractivity contribution in [2.75, 3.05) is 15.9 Å². The Balaban J connectivity index is 2.33. The molecule has 25 heavy (non-hydrogen) atoms. The molecule has 5 nitrogen and oxygen atoms in total. The Hall–Kier alpha value is -2.05. The van der Waals surface area contributed by atoms with Crippen LogP contribution in [0.5, 0.6) is 0 Å². The highest BCUT2D eigenvalue weighted by Gasteiger charge is 2.29. The van der Waals surface area contributed by atoms with Gasteiger partial charge in [0.15, 0.2) is 0 Å². The average molecular weight is 381 g/mol. The Morgan fingerprint density at radius 1 is 1.12 bits per heavy atom. The van der Waals surface area contributed by atoms with Gasteiger partial charge in [-0.15, -0.1) is 0 Å². The number of sulfonamides is 1. The quantitative estimate of drug-likeness (QED) is 0.858. The van der Waals surface area contributed by atoms with E-state index in [9.17, 15) is 13.2 Å². The first-order chi connectivity index (χ1) is 11.6. The van der Waals surface area contributed by atoms with Crippen LogP contribution in [0, 0.1) is 13.8 Å². The standard InChI is InChI=1S/C18H21ClN2O3S/c1-12-8-10-15(11-9-12)21(25(4,23)24)14(3)18(22)20-17-7-5-6-16(19)13(17)2/h5-11,14H,1-4H3,(H,20,22). The van der Waals surface area contributed by atoms with Crippen molar-refractivity contribution in [3.8, 4) is 0 Å². The number of benzene rings is 2. The fourth-order valence-electron chi connectivity index (χ4n) is 2.48. The lowest BCUT2D eigenvalue weighted by atomic mass is 10.2. The molecule has 2 rings (SSSR count). The van der Waals surface area contributed by atoms with E-state index in [4.69, 9.17) is 11.6 Å². The number of carbonyl (C=O) groups excluding carboxylic acids is 1. The fourth-order valence-corrected chi connectivity index (χ4v) is 3.83. The van der Waals surface area contributed by atoms with E-state index in [1.54, 1.807) is 56.3 Å². The smallest absolute Gasteiger partial charge is 0.248 e. The van der Waals surface area contributed by atoms with Crippen LogP contribution in [-0.4, -0.2) is 26.6 Å². The van der Waals surface area contributed by atoms with Crippen LogP contribution in [0.1, 0.15) is 18.1 Å². The molecule has 0 fully saturated rings. The summed E-state index contributed by atoms with van der Waals surface area (Å²) in [4.78, 5) is 12.6. The maximum Gasteiger partial charge on any atom is 0.248 e. The maximum absolute atomic E-state index is 12.6. The van der Waals surface area contributed by atoms with Gasteiger partial charge in [0.2, 0.25) is 15.9 Å². The zero-order valence-corrected chi connectivity index (χ0v) is 16.1. The summed E-state index contributed by atoms with van der Waals surface area (Å²) in [6.07, 6.45) is 1.08. The molecule has 0 aromatic heterocycles. The van der Waals surface area contributed by atoms with Crippen LogP contribution in [0.4, 0.5) is 11.4 Å². The van der Waals surface area contributed by atoms with Gasteiger partial charge in [0, 0.05) is 10.7 Å². The lowest BCUT2D eigenvalue weighted by Crippen LogP contribution is -2.45. The molecule has 0 spiro atoms. The number of hydrogen-bond acceptors (Lipinski definition) is 3. The van der Waals surface area contributed by atoms with Crippen molar-refractivity contribution in [2.24, 2.45) is 0 Å². The number of anilines is 2. The molecular formula is C18H21ClN2O3S. The first kappa shape index (κ1) is 19.3. The second-order valence-electron chi connectivity index (χ2n) is 5.97. The van der Waals surface area contributed by atoms with Crippen molar-refractivity contribution in [3.05, 3.63) is 58.6 Å². The Morgan fingerprint density at radius 3 is 2.28 bits per heavy atom. The first-order valence-corrected chi connectivity index (χ1v) is 9.96. The molecule has 134 valence electrons. The summed E-state index contributed by atoms with van der Waals surface area (Å²) in [7, 11) is -3.64. The van der Waals surface area contributed by atoms with Crippen LogP contribution >= 0.6 is 11.6 Å². The van der Waals surface area contributed by atoms with Crippen LogP contribution in [0.25, 0.3) is 0 Å². The van der Waals surface area contributed by atoms with Crippen LogP contribution < -0.4 is 9.62 Å². The van der Waals surface area contributed by atoms with Crippen molar-refractivity contribution < 1.29 is 13.2 Å². The van der Waals surface area contributed by atoms with Crippen molar-refractivity contribution >= 4 is 38.9 Å². The van der Waals surface area contributed by atoms with Gasteiger partial charge in [-0.05, 0) is 50.6 Å². The third kappa shape index (κ3) is 4.52. The normalized spacial score (nSPS) is 12.5. The molecule has 1 amide bonds. The Bertz CT molecular complexity index is 880. The Kier molecular flexibility index (Phi) is 5.75. The number of nitrogens with zero attached hydrogens (tertiary/aromatic N) is 1. The molecule has 2 aromatic carbocycles. The summed E-state index contributed by atoms with van der Waals surface area (Å²) < 4.78 is 25.6. The third-order valence-electron chi connectivity index (χ3n) is 3.90. The minimum atomic E-state index is -3.64. The molecule has 0 aliphatic heterocycles. The summed E-state index contributed by atoms with van der Waals surface area (Å²) in [6, 6.07) is 11.2. The zero-order chi connectivity index (χ0) is 18.8. The van der Waals surface area contributed by atoms with E-state index in [0.29, 0.717) is 16.4 Å². The van der Waals surface area contributed by atoms with Gasteiger partial charge < -0.3 is 5.32 Å². The van der Waals surface area contributed by atoms with Crippen molar-refractivity contribution in [1.29, 1.82) is 0 Å². The second-order valence-corrected chi connectivity index (χ2v) is 8.24. The summed E-state index contributed by atoms with van der Waals surface area (Å²) in [5.74, 6) is -0.434. The zero-order valence-electron chi connectivity index (χ0n) is 14.6. The van der Waals surface area contributed by atoms with Gasteiger partial charge in [0.05, 0.1) is 11.9 Å². The van der Waals surface area contributed by atoms with Gasteiger partial charge in [0.1, 0.15) is 6.04 Å². The summed E-state index contributed by atoms with van der Waals surface area (Å²) in [6.45, 7) is 5.25. The highest BCUT2D eigenvalue weighted by molar-refractivity contribution is 7.92. The number of rotatable bonds is 5. The molecule has 0 bridgehead atoms. The molecule has 2 aromatic rings. The Labute approximate surface area is 153 Å². The second kappa shape index (κ2) is 7.45. The molecule has 1 unspecified atom stereocenters. The summed E-state index contributed by atoms with van der Waals surface area (Å²) >= 11 is 6.07. The predicted molar refractivity (Wildman–Crippen MR) is 103 cm³/mol. The van der Waals surface area contributed by atoms with Crippen LogP contribution in [0.3, 0.4) is 0 Å². The van der Waals surface area contributed by atoms with Crippen molar-refractivity contribution in [1.82, 2.24) is 0 Å². The molecule has 0 saturated carbocycles. The molecule has 1 N–H and O–H groups in total. The highest BCUT2D eigenvalue weighted by Crippen LogP contribution is 2.25. The molecule has 1 atom stereocenters. The predicted octanol–water partition coefficient (Wildman–Crippen LogP) is 3.75. The first-order valence-electron chi connectivity index (χ1n) is 7.73. The van der Waals surface area contributed by atoms with Crippen LogP contribution in [0.15, 0.2) is 42.5 Å². The van der Waals surface area contributed by atoms with E-state index >= 15 is 0 Å². The van der Waals surface area contributed by atoms with E-state index < -0.39 is 22.0 Å². The summed E-state index contributed by atoms with van der Waals surface area (Å²) in [5.41, 5.74) is 2.73. The molecule has 7 heteroatoms. The van der Waals surface area contributed by atoms with Crippen molar-refractivity contribution in [3.63, 3.8) is 0 Å². The number of amides is 1. The minimum absolute atomic E-state index is 0.434. The van der Waals surface area contributed by atoms with Gasteiger partial charge in [0.25, 0.3) is 0 Å². The minimum Gasteiger partial charge on any atom is -0.324 e. The third-order valence-corrected chi connectivity index (χ3v) is 5.55. The molecule has 0 heterocycles. The number of aryl methyl sites for hydroxylation is 1. The van der Waals surface area contributed by atoms with Gasteiger partial charge in [-0.25, -0.2) is 8.42 Å². The number of halogens is 1. The number of carbonyl (C=O) groups is 1. The lowest BCUT2D eigenvalue weighted by Gasteiger charge is -2.28. The Morgan fingerprint density at radius 2 is 1.72 bits per heavy atom. The van der Waals surface area contributed by atoms with Gasteiger partial charge in [-0.2, -0.15) is 0 Å². The highest BCUT2D eigenvalue weighted by atomic mass is 35.5. The van der Waals surface area contributed by atoms with E-state index in [1.165, 1.54) is 0 Å². The van der Waals surface area contributed by atoms with Gasteiger partial charge >= 0.3 is 0 Å². The van der Waals surface area contributed by atoms with Crippen molar-refractivity contribution in [2.45, 2.75) is 26.8 Å². The van der Waals surface area contributed by atoms with Crippen LogP contribution in [0.2, 0.25) is 5.02 Å². The van der Waals surface area contributed by atoms with E-state index in [1.807, 2.05) is 6.92 Å². The SMILES string of the molecule is Cc1ccc(N(C(C)C(=O)Nc2cccc(Cl)c2C)S(C)(=O)=O)cc1. The van der Waals surface area contributed by atoms with Gasteiger partial charge in [-0.3, -0.25) is 9.10 Å². The molecule has 0 aliphatic carbocycles. The molecule has 0 aliphatic rings. The van der Waals surface area contributed by atoms with E-state index in [-0.39, 0.29) is 0 Å². The fraction of sp³-hybridized carbons (Fsp3) is 0.278. The largest absolute Gasteiger partial charge is 0.324 e. The number of nitrogens with one attached hydrogen (secondary N) is 1. The van der Waals surface area contributed by atoms with E-state index in [2.05, 4.69) is 5.32 Å². The molecule has 0 saturated heterocycles.